The molecule has 0 fully saturated rings. The number of aromatic nitrogens is 3. The fraction of sp³-hybridized carbons (Fsp3) is 0.208. The maximum atomic E-state index is 12.4. The molecule has 176 valence electrons. The third-order valence-corrected chi connectivity index (χ3v) is 5.54. The molecule has 0 aliphatic heterocycles. The van der Waals surface area contributed by atoms with Gasteiger partial charge in [-0.15, -0.1) is 4.73 Å². The number of rotatable bonds is 8. The average Bonchev–Trinajstić information content (AvgIpc) is 2.79. The van der Waals surface area contributed by atoms with Crippen LogP contribution in [0.3, 0.4) is 0 Å². The number of hydrogen-bond acceptors (Lipinski definition) is 7. The summed E-state index contributed by atoms with van der Waals surface area (Å²) in [6, 6.07) is 15.6. The molecule has 0 bridgehead atoms. The molecule has 10 heteroatoms. The fourth-order valence-electron chi connectivity index (χ4n) is 3.32. The van der Waals surface area contributed by atoms with Gasteiger partial charge < -0.3 is 19.8 Å². The first-order valence-corrected chi connectivity index (χ1v) is 11.2. The lowest BCUT2D eigenvalue weighted by Crippen LogP contribution is -2.25. The van der Waals surface area contributed by atoms with Crippen LogP contribution in [0.2, 0.25) is 10.0 Å². The van der Waals surface area contributed by atoms with E-state index in [2.05, 4.69) is 15.2 Å². The van der Waals surface area contributed by atoms with E-state index in [1.807, 2.05) is 38.4 Å². The van der Waals surface area contributed by atoms with Gasteiger partial charge in [0.1, 0.15) is 19.5 Å². The molecule has 0 spiro atoms. The number of fused-ring (bicyclic) bond motifs is 1. The lowest BCUT2D eigenvalue weighted by molar-refractivity contribution is 0.167. The van der Waals surface area contributed by atoms with E-state index in [-0.39, 0.29) is 11.5 Å². The molecule has 4 aromatic rings. The molecule has 0 unspecified atom stereocenters. The predicted octanol–water partition coefficient (Wildman–Crippen LogP) is 4.51. The molecule has 0 saturated carbocycles. The summed E-state index contributed by atoms with van der Waals surface area (Å²) in [7, 11) is 5.39. The van der Waals surface area contributed by atoms with E-state index >= 15 is 0 Å². The predicted molar refractivity (Wildman–Crippen MR) is 136 cm³/mol. The van der Waals surface area contributed by atoms with Gasteiger partial charge in [0.05, 0.1) is 10.7 Å². The van der Waals surface area contributed by atoms with Crippen LogP contribution in [0.5, 0.6) is 5.75 Å². The van der Waals surface area contributed by atoms with E-state index in [4.69, 9.17) is 37.8 Å². The highest BCUT2D eigenvalue weighted by atomic mass is 35.5. The molecule has 0 radical (unpaired) electrons. The standard InChI is InChI=1S/C24H23Cl2N5O3/c1-30(2)12-13-34-17-7-5-16(6-8-17)27-24-28-22(18-9-4-15(25)14-20(18)26)19-10-11-21(32)31(33-3)23(19)29-24/h4-11,14H,12-13H2,1-3H3,(H,27,28,29). The zero-order valence-corrected chi connectivity index (χ0v) is 20.4. The topological polar surface area (TPSA) is 81.5 Å². The van der Waals surface area contributed by atoms with Crippen molar-refractivity contribution in [3.63, 3.8) is 0 Å². The first-order valence-electron chi connectivity index (χ1n) is 10.4. The Morgan fingerprint density at radius 1 is 1.03 bits per heavy atom. The number of anilines is 2. The van der Waals surface area contributed by atoms with Crippen molar-refractivity contribution in [3.05, 3.63) is 75.0 Å². The lowest BCUT2D eigenvalue weighted by Gasteiger charge is -2.14. The normalized spacial score (nSPS) is 11.1. The van der Waals surface area contributed by atoms with Gasteiger partial charge in [0.25, 0.3) is 5.56 Å². The van der Waals surface area contributed by atoms with E-state index in [0.29, 0.717) is 38.9 Å². The van der Waals surface area contributed by atoms with Crippen LogP contribution in [0.15, 0.2) is 59.4 Å². The average molecular weight is 500 g/mol. The van der Waals surface area contributed by atoms with Crippen molar-refractivity contribution in [2.45, 2.75) is 0 Å². The van der Waals surface area contributed by atoms with Crippen LogP contribution < -0.4 is 20.5 Å². The van der Waals surface area contributed by atoms with Crippen LogP contribution >= 0.6 is 23.2 Å². The largest absolute Gasteiger partial charge is 0.492 e. The number of benzene rings is 2. The van der Waals surface area contributed by atoms with E-state index < -0.39 is 0 Å². The summed E-state index contributed by atoms with van der Waals surface area (Å²) in [5, 5.41) is 4.71. The number of likely N-dealkylation sites (N-methyl/N-ethyl adjacent to an activating group) is 1. The number of nitrogens with zero attached hydrogens (tertiary/aromatic N) is 4. The van der Waals surface area contributed by atoms with Crippen molar-refractivity contribution in [2.24, 2.45) is 0 Å². The highest BCUT2D eigenvalue weighted by Crippen LogP contribution is 2.34. The van der Waals surface area contributed by atoms with E-state index in [1.165, 1.54) is 13.2 Å². The first-order chi connectivity index (χ1) is 16.4. The second-order valence-electron chi connectivity index (χ2n) is 7.71. The van der Waals surface area contributed by atoms with Crippen LogP contribution in [0.4, 0.5) is 11.6 Å². The fourth-order valence-corrected chi connectivity index (χ4v) is 3.82. The number of hydrogen-bond donors (Lipinski definition) is 1. The van der Waals surface area contributed by atoms with Crippen molar-refractivity contribution >= 4 is 45.9 Å². The highest BCUT2D eigenvalue weighted by molar-refractivity contribution is 6.36. The zero-order valence-electron chi connectivity index (χ0n) is 18.9. The van der Waals surface area contributed by atoms with Gasteiger partial charge in [0, 0.05) is 34.3 Å². The molecule has 34 heavy (non-hydrogen) atoms. The molecule has 2 heterocycles. The molecule has 0 saturated heterocycles. The Labute approximate surface area is 206 Å². The van der Waals surface area contributed by atoms with Gasteiger partial charge in [-0.05, 0) is 62.6 Å². The van der Waals surface area contributed by atoms with Crippen molar-refractivity contribution in [1.29, 1.82) is 0 Å². The van der Waals surface area contributed by atoms with Gasteiger partial charge in [0.2, 0.25) is 5.95 Å². The van der Waals surface area contributed by atoms with Crippen LogP contribution in [0.25, 0.3) is 22.3 Å². The zero-order chi connectivity index (χ0) is 24.2. The van der Waals surface area contributed by atoms with Crippen LogP contribution in [0, 0.1) is 0 Å². The molecule has 1 N–H and O–H groups in total. The second-order valence-corrected chi connectivity index (χ2v) is 8.55. The summed E-state index contributed by atoms with van der Waals surface area (Å²) in [6.45, 7) is 1.41. The summed E-state index contributed by atoms with van der Waals surface area (Å²) in [6.07, 6.45) is 0. The minimum Gasteiger partial charge on any atom is -0.492 e. The monoisotopic (exact) mass is 499 g/mol. The number of pyridine rings is 1. The van der Waals surface area contributed by atoms with Crippen LogP contribution in [0.1, 0.15) is 0 Å². The Bertz CT molecular complexity index is 1370. The van der Waals surface area contributed by atoms with E-state index in [0.717, 1.165) is 22.7 Å². The molecule has 4 rings (SSSR count). The van der Waals surface area contributed by atoms with Gasteiger partial charge in [-0.3, -0.25) is 4.79 Å². The smallest absolute Gasteiger partial charge is 0.285 e. The maximum Gasteiger partial charge on any atom is 0.285 e. The third kappa shape index (κ3) is 5.25. The molecular weight excluding hydrogens is 477 g/mol. The van der Waals surface area contributed by atoms with E-state index in [1.54, 1.807) is 24.3 Å². The molecule has 2 aromatic carbocycles. The Hall–Kier alpha value is -3.33. The quantitative estimate of drug-likeness (QED) is 0.381. The van der Waals surface area contributed by atoms with Crippen LogP contribution in [-0.2, 0) is 0 Å². The second kappa shape index (κ2) is 10.3. The van der Waals surface area contributed by atoms with Gasteiger partial charge in [0.15, 0.2) is 5.65 Å². The van der Waals surface area contributed by atoms with Crippen molar-refractivity contribution in [1.82, 2.24) is 19.6 Å². The first kappa shape index (κ1) is 23.8. The number of halogens is 2. The molecule has 0 amide bonds. The Morgan fingerprint density at radius 2 is 1.79 bits per heavy atom. The summed E-state index contributed by atoms with van der Waals surface area (Å²) in [5.74, 6) is 1.03. The molecule has 0 aliphatic rings. The Balaban J connectivity index is 1.74. The summed E-state index contributed by atoms with van der Waals surface area (Å²) >= 11 is 12.6. The number of ether oxygens (including phenoxy) is 1. The minimum atomic E-state index is -0.355. The molecule has 0 atom stereocenters. The van der Waals surface area contributed by atoms with E-state index in [9.17, 15) is 4.79 Å². The third-order valence-electron chi connectivity index (χ3n) is 5.00. The van der Waals surface area contributed by atoms with Gasteiger partial charge in [-0.25, -0.2) is 4.98 Å². The van der Waals surface area contributed by atoms with Crippen molar-refractivity contribution in [3.8, 4) is 17.0 Å². The summed E-state index contributed by atoms with van der Waals surface area (Å²) in [5.41, 5.74) is 1.87. The molecule has 8 nitrogen and oxygen atoms in total. The highest BCUT2D eigenvalue weighted by Gasteiger charge is 2.17. The minimum absolute atomic E-state index is 0.270. The van der Waals surface area contributed by atoms with Crippen LogP contribution in [-0.4, -0.2) is 54.0 Å². The summed E-state index contributed by atoms with van der Waals surface area (Å²) in [4.78, 5) is 28.9. The maximum absolute atomic E-state index is 12.4. The van der Waals surface area contributed by atoms with Crippen molar-refractivity contribution < 1.29 is 9.57 Å². The number of nitrogens with one attached hydrogen (secondary N) is 1. The Kier molecular flexibility index (Phi) is 7.21. The van der Waals surface area contributed by atoms with Gasteiger partial charge in [-0.1, -0.05) is 23.2 Å². The SMILES string of the molecule is COn1c(=O)ccc2c(-c3ccc(Cl)cc3Cl)nc(Nc3ccc(OCCN(C)C)cc3)nc21. The van der Waals surface area contributed by atoms with Gasteiger partial charge >= 0.3 is 0 Å². The lowest BCUT2D eigenvalue weighted by atomic mass is 10.1. The van der Waals surface area contributed by atoms with Gasteiger partial charge in [-0.2, -0.15) is 4.98 Å². The molecular formula is C24H23Cl2N5O3. The Morgan fingerprint density at radius 3 is 2.47 bits per heavy atom. The molecule has 2 aromatic heterocycles. The van der Waals surface area contributed by atoms with Crippen molar-refractivity contribution in [2.75, 3.05) is 39.7 Å². The molecule has 0 aliphatic carbocycles. The summed E-state index contributed by atoms with van der Waals surface area (Å²) < 4.78 is 6.85.